The SMILES string of the molecule is COc1cccc(CCS(=O)(=O)NCCc2ccc(OC)c(OC)c2)c1. The molecule has 0 aliphatic rings. The standard InChI is InChI=1S/C19H25NO5S/c1-23-17-6-4-5-15(13-17)10-12-26(21,22)20-11-9-16-7-8-18(24-2)19(14-16)25-3/h4-8,13-14,20H,9-12H2,1-3H3. The first-order chi connectivity index (χ1) is 12.5. The van der Waals surface area contributed by atoms with Crippen LogP contribution in [0.2, 0.25) is 0 Å². The third-order valence-electron chi connectivity index (χ3n) is 3.98. The molecule has 0 atom stereocenters. The van der Waals surface area contributed by atoms with Gasteiger partial charge in [0.15, 0.2) is 11.5 Å². The number of nitrogens with one attached hydrogen (secondary N) is 1. The highest BCUT2D eigenvalue weighted by Crippen LogP contribution is 2.27. The summed E-state index contributed by atoms with van der Waals surface area (Å²) in [6.07, 6.45) is 1.00. The first-order valence-corrected chi connectivity index (χ1v) is 9.94. The van der Waals surface area contributed by atoms with Crippen LogP contribution in [0.25, 0.3) is 0 Å². The summed E-state index contributed by atoms with van der Waals surface area (Å²) in [6.45, 7) is 0.329. The fraction of sp³-hybridized carbons (Fsp3) is 0.368. The number of sulfonamides is 1. The highest BCUT2D eigenvalue weighted by molar-refractivity contribution is 7.89. The molecule has 0 aromatic heterocycles. The average molecular weight is 379 g/mol. The van der Waals surface area contributed by atoms with Crippen LogP contribution in [0.1, 0.15) is 11.1 Å². The molecule has 7 heteroatoms. The van der Waals surface area contributed by atoms with Crippen molar-refractivity contribution in [3.63, 3.8) is 0 Å². The second-order valence-corrected chi connectivity index (χ2v) is 7.68. The van der Waals surface area contributed by atoms with E-state index in [4.69, 9.17) is 14.2 Å². The van der Waals surface area contributed by atoms with Crippen LogP contribution in [0.4, 0.5) is 0 Å². The van der Waals surface area contributed by atoms with Crippen molar-refractivity contribution in [2.75, 3.05) is 33.6 Å². The Morgan fingerprint density at radius 2 is 1.58 bits per heavy atom. The van der Waals surface area contributed by atoms with E-state index in [-0.39, 0.29) is 5.75 Å². The van der Waals surface area contributed by atoms with Gasteiger partial charge in [-0.05, 0) is 48.2 Å². The van der Waals surface area contributed by atoms with Crippen molar-refractivity contribution in [1.82, 2.24) is 4.72 Å². The fourth-order valence-corrected chi connectivity index (χ4v) is 3.60. The van der Waals surface area contributed by atoms with E-state index in [2.05, 4.69) is 4.72 Å². The predicted molar refractivity (Wildman–Crippen MR) is 102 cm³/mol. The number of rotatable bonds is 10. The highest BCUT2D eigenvalue weighted by atomic mass is 32.2. The minimum Gasteiger partial charge on any atom is -0.497 e. The Kier molecular flexibility index (Phi) is 7.29. The lowest BCUT2D eigenvalue weighted by atomic mass is 10.1. The Hall–Kier alpha value is -2.25. The van der Waals surface area contributed by atoms with E-state index in [1.807, 2.05) is 42.5 Å². The van der Waals surface area contributed by atoms with Crippen LogP contribution in [0, 0.1) is 0 Å². The van der Waals surface area contributed by atoms with Gasteiger partial charge in [0, 0.05) is 6.54 Å². The molecule has 26 heavy (non-hydrogen) atoms. The second-order valence-electron chi connectivity index (χ2n) is 5.75. The Bertz CT molecular complexity index is 820. The van der Waals surface area contributed by atoms with Crippen LogP contribution in [-0.2, 0) is 22.9 Å². The minimum atomic E-state index is -3.34. The van der Waals surface area contributed by atoms with E-state index in [0.717, 1.165) is 16.9 Å². The van der Waals surface area contributed by atoms with Crippen LogP contribution in [0.3, 0.4) is 0 Å². The third kappa shape index (κ3) is 5.93. The van der Waals surface area contributed by atoms with Gasteiger partial charge in [-0.15, -0.1) is 0 Å². The Morgan fingerprint density at radius 3 is 2.27 bits per heavy atom. The number of ether oxygens (including phenoxy) is 3. The summed E-state index contributed by atoms with van der Waals surface area (Å²) in [6, 6.07) is 13.0. The van der Waals surface area contributed by atoms with Crippen molar-refractivity contribution in [3.8, 4) is 17.2 Å². The molecule has 0 bridgehead atoms. The molecule has 0 unspecified atom stereocenters. The predicted octanol–water partition coefficient (Wildman–Crippen LogP) is 2.42. The monoisotopic (exact) mass is 379 g/mol. The van der Waals surface area contributed by atoms with E-state index in [1.165, 1.54) is 0 Å². The third-order valence-corrected chi connectivity index (χ3v) is 5.36. The molecule has 0 radical (unpaired) electrons. The average Bonchev–Trinajstić information content (AvgIpc) is 2.66. The van der Waals surface area contributed by atoms with Crippen molar-refractivity contribution >= 4 is 10.0 Å². The molecule has 0 aliphatic carbocycles. The quantitative estimate of drug-likeness (QED) is 0.686. The molecule has 0 saturated heterocycles. The van der Waals surface area contributed by atoms with Crippen LogP contribution >= 0.6 is 0 Å². The maximum Gasteiger partial charge on any atom is 0.211 e. The van der Waals surface area contributed by atoms with E-state index >= 15 is 0 Å². The van der Waals surface area contributed by atoms with Gasteiger partial charge in [0.05, 0.1) is 27.1 Å². The van der Waals surface area contributed by atoms with Crippen LogP contribution in [0.5, 0.6) is 17.2 Å². The zero-order valence-electron chi connectivity index (χ0n) is 15.3. The molecule has 0 amide bonds. The summed E-state index contributed by atoms with van der Waals surface area (Å²) in [4.78, 5) is 0. The molecule has 0 saturated carbocycles. The van der Waals surface area contributed by atoms with Gasteiger partial charge in [0.1, 0.15) is 5.75 Å². The molecule has 0 spiro atoms. The summed E-state index contributed by atoms with van der Waals surface area (Å²) >= 11 is 0. The molecular formula is C19H25NO5S. The smallest absolute Gasteiger partial charge is 0.211 e. The topological polar surface area (TPSA) is 73.9 Å². The summed E-state index contributed by atoms with van der Waals surface area (Å²) in [7, 11) is 1.39. The zero-order chi connectivity index (χ0) is 19.0. The van der Waals surface area contributed by atoms with E-state index < -0.39 is 10.0 Å². The molecule has 1 N–H and O–H groups in total. The van der Waals surface area contributed by atoms with Gasteiger partial charge in [-0.3, -0.25) is 0 Å². The number of hydrogen-bond donors (Lipinski definition) is 1. The van der Waals surface area contributed by atoms with Gasteiger partial charge < -0.3 is 14.2 Å². The maximum absolute atomic E-state index is 12.2. The highest BCUT2D eigenvalue weighted by Gasteiger charge is 2.11. The molecule has 6 nitrogen and oxygen atoms in total. The number of hydrogen-bond acceptors (Lipinski definition) is 5. The van der Waals surface area contributed by atoms with E-state index in [1.54, 1.807) is 21.3 Å². The van der Waals surface area contributed by atoms with Crippen LogP contribution < -0.4 is 18.9 Å². The lowest BCUT2D eigenvalue weighted by Crippen LogP contribution is -2.29. The molecule has 2 rings (SSSR count). The second kappa shape index (κ2) is 9.45. The van der Waals surface area contributed by atoms with Gasteiger partial charge in [0.2, 0.25) is 10.0 Å². The first kappa shape index (κ1) is 20.1. The Balaban J connectivity index is 1.86. The number of aryl methyl sites for hydroxylation is 1. The summed E-state index contributed by atoms with van der Waals surface area (Å²) in [5.41, 5.74) is 1.90. The van der Waals surface area contributed by atoms with Gasteiger partial charge in [-0.2, -0.15) is 0 Å². The first-order valence-electron chi connectivity index (χ1n) is 8.28. The Labute approximate surface area is 155 Å². The largest absolute Gasteiger partial charge is 0.497 e. The molecule has 2 aromatic carbocycles. The van der Waals surface area contributed by atoms with Crippen molar-refractivity contribution in [3.05, 3.63) is 53.6 Å². The lowest BCUT2D eigenvalue weighted by molar-refractivity contribution is 0.354. The molecule has 0 fully saturated rings. The van der Waals surface area contributed by atoms with Crippen molar-refractivity contribution in [1.29, 1.82) is 0 Å². The Morgan fingerprint density at radius 1 is 0.846 bits per heavy atom. The fourth-order valence-electron chi connectivity index (χ4n) is 2.54. The maximum atomic E-state index is 12.2. The lowest BCUT2D eigenvalue weighted by Gasteiger charge is -2.10. The van der Waals surface area contributed by atoms with Gasteiger partial charge in [-0.1, -0.05) is 18.2 Å². The summed E-state index contributed by atoms with van der Waals surface area (Å²) < 4.78 is 42.6. The number of methoxy groups -OCH3 is 3. The van der Waals surface area contributed by atoms with E-state index in [9.17, 15) is 8.42 Å². The molecule has 0 heterocycles. The van der Waals surface area contributed by atoms with Crippen LogP contribution in [0.15, 0.2) is 42.5 Å². The van der Waals surface area contributed by atoms with Gasteiger partial charge in [0.25, 0.3) is 0 Å². The molecular weight excluding hydrogens is 354 g/mol. The van der Waals surface area contributed by atoms with Gasteiger partial charge >= 0.3 is 0 Å². The summed E-state index contributed by atoms with van der Waals surface area (Å²) in [5, 5.41) is 0. The van der Waals surface area contributed by atoms with Crippen molar-refractivity contribution < 1.29 is 22.6 Å². The van der Waals surface area contributed by atoms with E-state index in [0.29, 0.717) is 30.9 Å². The van der Waals surface area contributed by atoms with Crippen LogP contribution in [-0.4, -0.2) is 42.0 Å². The molecule has 142 valence electrons. The normalized spacial score (nSPS) is 11.2. The van der Waals surface area contributed by atoms with Crippen molar-refractivity contribution in [2.45, 2.75) is 12.8 Å². The number of benzene rings is 2. The zero-order valence-corrected chi connectivity index (χ0v) is 16.1. The summed E-state index contributed by atoms with van der Waals surface area (Å²) in [5.74, 6) is 2.04. The molecule has 0 aliphatic heterocycles. The molecule has 2 aromatic rings. The van der Waals surface area contributed by atoms with Gasteiger partial charge in [-0.25, -0.2) is 13.1 Å². The van der Waals surface area contributed by atoms with Crippen molar-refractivity contribution in [2.24, 2.45) is 0 Å². The minimum absolute atomic E-state index is 0.0338.